The zero-order chi connectivity index (χ0) is 13.1. The van der Waals surface area contributed by atoms with Crippen molar-refractivity contribution in [3.8, 4) is 0 Å². The van der Waals surface area contributed by atoms with Crippen molar-refractivity contribution in [1.29, 1.82) is 0 Å². The molecule has 0 aliphatic heterocycles. The number of nitrogens with zero attached hydrogens (tertiary/aromatic N) is 1. The van der Waals surface area contributed by atoms with E-state index in [2.05, 4.69) is 4.99 Å². The lowest BCUT2D eigenvalue weighted by Gasteiger charge is -2.01. The summed E-state index contributed by atoms with van der Waals surface area (Å²) in [6.07, 6.45) is 1.59. The lowest BCUT2D eigenvalue weighted by Crippen LogP contribution is -1.84. The van der Waals surface area contributed by atoms with Crippen LogP contribution in [0.5, 0.6) is 0 Å². The SMILES string of the molecule is Clc1cc(Cl)cc(/N=C/c2c(Cl)cccc2Cl)c1. The minimum absolute atomic E-state index is 0.528. The first-order valence-corrected chi connectivity index (χ1v) is 6.51. The maximum absolute atomic E-state index is 6.03. The molecule has 18 heavy (non-hydrogen) atoms. The summed E-state index contributed by atoms with van der Waals surface area (Å²) in [5, 5.41) is 2.14. The van der Waals surface area contributed by atoms with Gasteiger partial charge in [0.1, 0.15) is 0 Å². The average Bonchev–Trinajstić information content (AvgIpc) is 2.27. The van der Waals surface area contributed by atoms with Crippen LogP contribution in [0.4, 0.5) is 5.69 Å². The molecule has 0 heterocycles. The van der Waals surface area contributed by atoms with Crippen LogP contribution in [0.3, 0.4) is 0 Å². The van der Waals surface area contributed by atoms with Gasteiger partial charge in [-0.25, -0.2) is 0 Å². The third kappa shape index (κ3) is 3.39. The normalized spacial score (nSPS) is 11.1. The second-order valence-corrected chi connectivity index (χ2v) is 5.21. The highest BCUT2D eigenvalue weighted by atomic mass is 35.5. The molecular weight excluding hydrogens is 312 g/mol. The smallest absolute Gasteiger partial charge is 0.0659 e. The molecule has 0 unspecified atom stereocenters. The first kappa shape index (κ1) is 13.7. The molecule has 0 bridgehead atoms. The number of rotatable bonds is 2. The van der Waals surface area contributed by atoms with Gasteiger partial charge in [-0.1, -0.05) is 52.5 Å². The van der Waals surface area contributed by atoms with E-state index >= 15 is 0 Å². The Bertz CT molecular complexity index is 567. The molecule has 0 spiro atoms. The van der Waals surface area contributed by atoms with Gasteiger partial charge in [-0.3, -0.25) is 4.99 Å². The Balaban J connectivity index is 2.36. The number of aliphatic imine (C=N–C) groups is 1. The van der Waals surface area contributed by atoms with E-state index in [1.165, 1.54) is 0 Å². The predicted octanol–water partition coefficient (Wildman–Crippen LogP) is 6.05. The van der Waals surface area contributed by atoms with E-state index in [0.717, 1.165) is 0 Å². The fourth-order valence-electron chi connectivity index (χ4n) is 1.39. The molecule has 0 N–H and O–H groups in total. The monoisotopic (exact) mass is 317 g/mol. The van der Waals surface area contributed by atoms with Crippen LogP contribution in [0.1, 0.15) is 5.56 Å². The molecule has 2 aromatic carbocycles. The molecule has 0 amide bonds. The van der Waals surface area contributed by atoms with Crippen LogP contribution in [0.15, 0.2) is 41.4 Å². The van der Waals surface area contributed by atoms with Crippen LogP contribution in [0, 0.1) is 0 Å². The minimum Gasteiger partial charge on any atom is -0.256 e. The Hall–Kier alpha value is -0.730. The summed E-state index contributed by atoms with van der Waals surface area (Å²) < 4.78 is 0. The lowest BCUT2D eigenvalue weighted by atomic mass is 10.2. The van der Waals surface area contributed by atoms with Gasteiger partial charge < -0.3 is 0 Å². The summed E-state index contributed by atoms with van der Waals surface area (Å²) in [6, 6.07) is 10.3. The molecule has 0 aromatic heterocycles. The van der Waals surface area contributed by atoms with Crippen molar-refractivity contribution in [1.82, 2.24) is 0 Å². The van der Waals surface area contributed by atoms with Crippen LogP contribution in [0.25, 0.3) is 0 Å². The van der Waals surface area contributed by atoms with E-state index in [9.17, 15) is 0 Å². The summed E-state index contributed by atoms with van der Waals surface area (Å²) in [6.45, 7) is 0. The quantitative estimate of drug-likeness (QED) is 0.597. The van der Waals surface area contributed by atoms with Crippen molar-refractivity contribution in [3.63, 3.8) is 0 Å². The third-order valence-corrected chi connectivity index (χ3v) is 3.29. The molecule has 0 saturated carbocycles. The second-order valence-electron chi connectivity index (χ2n) is 3.52. The lowest BCUT2D eigenvalue weighted by molar-refractivity contribution is 1.52. The van der Waals surface area contributed by atoms with Gasteiger partial charge in [0.15, 0.2) is 0 Å². The van der Waals surface area contributed by atoms with Crippen molar-refractivity contribution in [2.75, 3.05) is 0 Å². The first-order valence-electron chi connectivity index (χ1n) is 5.00. The van der Waals surface area contributed by atoms with Gasteiger partial charge in [-0.05, 0) is 30.3 Å². The molecule has 0 atom stereocenters. The summed E-state index contributed by atoms with van der Waals surface area (Å²) in [4.78, 5) is 4.26. The Morgan fingerprint density at radius 2 is 1.39 bits per heavy atom. The zero-order valence-corrected chi connectivity index (χ0v) is 12.0. The first-order chi connectivity index (χ1) is 8.56. The van der Waals surface area contributed by atoms with E-state index in [-0.39, 0.29) is 0 Å². The van der Waals surface area contributed by atoms with Gasteiger partial charge in [-0.2, -0.15) is 0 Å². The molecule has 0 aliphatic rings. The number of hydrogen-bond donors (Lipinski definition) is 0. The summed E-state index contributed by atoms with van der Waals surface area (Å²) in [5.41, 5.74) is 1.31. The zero-order valence-electron chi connectivity index (χ0n) is 9.00. The molecule has 1 nitrogen and oxygen atoms in total. The molecule has 2 aromatic rings. The van der Waals surface area contributed by atoms with E-state index in [0.29, 0.717) is 31.3 Å². The average molecular weight is 319 g/mol. The van der Waals surface area contributed by atoms with Crippen molar-refractivity contribution in [3.05, 3.63) is 62.1 Å². The number of halogens is 4. The molecule has 0 fully saturated rings. The molecule has 2 rings (SSSR count). The summed E-state index contributed by atoms with van der Waals surface area (Å²) >= 11 is 23.8. The Morgan fingerprint density at radius 3 is 1.94 bits per heavy atom. The van der Waals surface area contributed by atoms with Crippen LogP contribution < -0.4 is 0 Å². The molecular formula is C13H7Cl4N. The van der Waals surface area contributed by atoms with Crippen LogP contribution in [-0.2, 0) is 0 Å². The fraction of sp³-hybridized carbons (Fsp3) is 0. The van der Waals surface area contributed by atoms with E-state index in [4.69, 9.17) is 46.4 Å². The van der Waals surface area contributed by atoms with Gasteiger partial charge in [-0.15, -0.1) is 0 Å². The highest BCUT2D eigenvalue weighted by molar-refractivity contribution is 6.38. The molecule has 92 valence electrons. The molecule has 0 aliphatic carbocycles. The van der Waals surface area contributed by atoms with Gasteiger partial charge >= 0.3 is 0 Å². The summed E-state index contributed by atoms with van der Waals surface area (Å²) in [7, 11) is 0. The molecule has 0 saturated heterocycles. The second kappa shape index (κ2) is 5.94. The van der Waals surface area contributed by atoms with E-state index in [1.54, 1.807) is 42.6 Å². The number of hydrogen-bond acceptors (Lipinski definition) is 1. The van der Waals surface area contributed by atoms with Crippen molar-refractivity contribution in [2.24, 2.45) is 4.99 Å². The van der Waals surface area contributed by atoms with Gasteiger partial charge in [0.25, 0.3) is 0 Å². The largest absolute Gasteiger partial charge is 0.256 e. The van der Waals surface area contributed by atoms with Gasteiger partial charge in [0, 0.05) is 21.8 Å². The highest BCUT2D eigenvalue weighted by Gasteiger charge is 2.02. The standard InChI is InChI=1S/C13H7Cl4N/c14-8-4-9(15)6-10(5-8)18-7-11-12(16)2-1-3-13(11)17/h1-7H/b18-7+. The van der Waals surface area contributed by atoms with E-state index in [1.807, 2.05) is 0 Å². The van der Waals surface area contributed by atoms with Crippen molar-refractivity contribution >= 4 is 58.3 Å². The maximum atomic E-state index is 6.03. The van der Waals surface area contributed by atoms with Crippen molar-refractivity contribution in [2.45, 2.75) is 0 Å². The van der Waals surface area contributed by atoms with Gasteiger partial charge in [0.2, 0.25) is 0 Å². The number of benzene rings is 2. The van der Waals surface area contributed by atoms with Crippen LogP contribution >= 0.6 is 46.4 Å². The van der Waals surface area contributed by atoms with E-state index < -0.39 is 0 Å². The molecule has 5 heteroatoms. The Labute approximate surface area is 125 Å². The maximum Gasteiger partial charge on any atom is 0.0659 e. The van der Waals surface area contributed by atoms with Crippen LogP contribution in [-0.4, -0.2) is 6.21 Å². The summed E-state index contributed by atoms with van der Waals surface area (Å²) in [5.74, 6) is 0. The van der Waals surface area contributed by atoms with Gasteiger partial charge in [0.05, 0.1) is 15.7 Å². The van der Waals surface area contributed by atoms with Crippen LogP contribution in [0.2, 0.25) is 20.1 Å². The van der Waals surface area contributed by atoms with Crippen molar-refractivity contribution < 1.29 is 0 Å². The molecule has 0 radical (unpaired) electrons. The third-order valence-electron chi connectivity index (χ3n) is 2.19. The predicted molar refractivity (Wildman–Crippen MR) is 80.2 cm³/mol. The topological polar surface area (TPSA) is 12.4 Å². The fourth-order valence-corrected chi connectivity index (χ4v) is 2.40. The minimum atomic E-state index is 0.528. The Morgan fingerprint density at radius 1 is 0.833 bits per heavy atom. The highest BCUT2D eigenvalue weighted by Crippen LogP contribution is 2.26. The Kier molecular flexibility index (Phi) is 4.52.